The minimum absolute atomic E-state index is 0.133. The number of amides is 1. The lowest BCUT2D eigenvalue weighted by Gasteiger charge is -2.36. The van der Waals surface area contributed by atoms with E-state index < -0.39 is 0 Å². The highest BCUT2D eigenvalue weighted by atomic mass is 16.6. The van der Waals surface area contributed by atoms with Gasteiger partial charge in [0.05, 0.1) is 0 Å². The maximum atomic E-state index is 11.4. The molecule has 16 heavy (non-hydrogen) atoms. The lowest BCUT2D eigenvalue weighted by atomic mass is 9.72. The summed E-state index contributed by atoms with van der Waals surface area (Å²) in [7, 11) is 3.45. The normalized spacial score (nSPS) is 26.3. The standard InChI is InChI=1S/C13H25NO2/c1-13(2,3)10-6-8-11(9-7-10)16-12(15)14(4)5/h10-11H,6-9H2,1-5H3. The van der Waals surface area contributed by atoms with Gasteiger partial charge in [-0.1, -0.05) is 20.8 Å². The molecule has 0 bridgehead atoms. The van der Waals surface area contributed by atoms with Gasteiger partial charge in [-0.2, -0.15) is 0 Å². The van der Waals surface area contributed by atoms with Crippen LogP contribution in [0, 0.1) is 11.3 Å². The Morgan fingerprint density at radius 1 is 1.12 bits per heavy atom. The minimum atomic E-state index is -0.209. The molecule has 1 aliphatic rings. The summed E-state index contributed by atoms with van der Waals surface area (Å²) in [6.07, 6.45) is 4.31. The predicted octanol–water partition coefficient (Wildman–Crippen LogP) is 3.29. The van der Waals surface area contributed by atoms with Crippen molar-refractivity contribution < 1.29 is 9.53 Å². The molecule has 0 saturated heterocycles. The summed E-state index contributed by atoms with van der Waals surface area (Å²) < 4.78 is 5.40. The van der Waals surface area contributed by atoms with Crippen molar-refractivity contribution in [1.29, 1.82) is 0 Å². The molecule has 1 saturated carbocycles. The van der Waals surface area contributed by atoms with E-state index >= 15 is 0 Å². The van der Waals surface area contributed by atoms with E-state index in [1.165, 1.54) is 17.7 Å². The molecule has 0 N–H and O–H groups in total. The van der Waals surface area contributed by atoms with Crippen LogP contribution in [0.3, 0.4) is 0 Å². The van der Waals surface area contributed by atoms with Crippen molar-refractivity contribution in [2.24, 2.45) is 11.3 Å². The molecule has 0 heterocycles. The Hall–Kier alpha value is -0.730. The summed E-state index contributed by atoms with van der Waals surface area (Å²) in [5.41, 5.74) is 0.385. The van der Waals surface area contributed by atoms with Gasteiger partial charge in [-0.25, -0.2) is 4.79 Å². The first-order chi connectivity index (χ1) is 7.30. The summed E-state index contributed by atoms with van der Waals surface area (Å²) in [6.45, 7) is 6.89. The third kappa shape index (κ3) is 3.69. The van der Waals surface area contributed by atoms with E-state index in [-0.39, 0.29) is 12.2 Å². The number of rotatable bonds is 1. The fraction of sp³-hybridized carbons (Fsp3) is 0.923. The highest BCUT2D eigenvalue weighted by Crippen LogP contribution is 2.38. The maximum absolute atomic E-state index is 11.4. The van der Waals surface area contributed by atoms with Gasteiger partial charge in [-0.15, -0.1) is 0 Å². The summed E-state index contributed by atoms with van der Waals surface area (Å²) in [5.74, 6) is 0.766. The zero-order chi connectivity index (χ0) is 12.3. The van der Waals surface area contributed by atoms with Crippen LogP contribution in [0.25, 0.3) is 0 Å². The lowest BCUT2D eigenvalue weighted by Crippen LogP contribution is -2.33. The van der Waals surface area contributed by atoms with Crippen molar-refractivity contribution >= 4 is 6.09 Å². The highest BCUT2D eigenvalue weighted by molar-refractivity contribution is 5.66. The van der Waals surface area contributed by atoms with Crippen molar-refractivity contribution in [3.8, 4) is 0 Å². The van der Waals surface area contributed by atoms with Gasteiger partial charge in [0.2, 0.25) is 0 Å². The molecule has 3 heteroatoms. The van der Waals surface area contributed by atoms with Crippen molar-refractivity contribution in [1.82, 2.24) is 4.90 Å². The van der Waals surface area contributed by atoms with Crippen LogP contribution >= 0.6 is 0 Å². The van der Waals surface area contributed by atoms with Crippen LogP contribution in [-0.4, -0.2) is 31.2 Å². The molecule has 0 aromatic rings. The second-order valence-corrected chi connectivity index (χ2v) is 6.12. The Morgan fingerprint density at radius 3 is 2.00 bits per heavy atom. The van der Waals surface area contributed by atoms with Gasteiger partial charge >= 0.3 is 6.09 Å². The molecule has 94 valence electrons. The van der Waals surface area contributed by atoms with Crippen LogP contribution < -0.4 is 0 Å². The van der Waals surface area contributed by atoms with E-state index in [1.54, 1.807) is 14.1 Å². The first kappa shape index (κ1) is 13.3. The molecule has 0 aliphatic heterocycles. The Kier molecular flexibility index (Phi) is 4.22. The van der Waals surface area contributed by atoms with Crippen LogP contribution in [0.15, 0.2) is 0 Å². The fourth-order valence-corrected chi connectivity index (χ4v) is 2.29. The molecule has 0 unspecified atom stereocenters. The summed E-state index contributed by atoms with van der Waals surface area (Å²) in [5, 5.41) is 0. The van der Waals surface area contributed by atoms with Gasteiger partial charge in [-0.3, -0.25) is 0 Å². The smallest absolute Gasteiger partial charge is 0.409 e. The van der Waals surface area contributed by atoms with Crippen LogP contribution in [-0.2, 0) is 4.74 Å². The minimum Gasteiger partial charge on any atom is -0.446 e. The van der Waals surface area contributed by atoms with Crippen molar-refractivity contribution in [3.05, 3.63) is 0 Å². The highest BCUT2D eigenvalue weighted by Gasteiger charge is 2.31. The van der Waals surface area contributed by atoms with E-state index in [9.17, 15) is 4.79 Å². The van der Waals surface area contributed by atoms with Crippen molar-refractivity contribution in [3.63, 3.8) is 0 Å². The summed E-state index contributed by atoms with van der Waals surface area (Å²) in [6, 6.07) is 0. The molecule has 1 aliphatic carbocycles. The number of hydrogen-bond acceptors (Lipinski definition) is 2. The molecule has 0 spiro atoms. The molecule has 1 fully saturated rings. The average Bonchev–Trinajstić information content (AvgIpc) is 2.17. The Bertz CT molecular complexity index is 235. The number of hydrogen-bond donors (Lipinski definition) is 0. The second-order valence-electron chi connectivity index (χ2n) is 6.12. The molecule has 0 atom stereocenters. The molecule has 3 nitrogen and oxygen atoms in total. The second kappa shape index (κ2) is 5.07. The number of carbonyl (C=O) groups is 1. The third-order valence-corrected chi connectivity index (χ3v) is 3.53. The predicted molar refractivity (Wildman–Crippen MR) is 65.4 cm³/mol. The maximum Gasteiger partial charge on any atom is 0.409 e. The van der Waals surface area contributed by atoms with E-state index in [4.69, 9.17) is 4.74 Å². The molecular weight excluding hydrogens is 202 g/mol. The van der Waals surface area contributed by atoms with Crippen LogP contribution in [0.2, 0.25) is 0 Å². The van der Waals surface area contributed by atoms with Crippen LogP contribution in [0.5, 0.6) is 0 Å². The van der Waals surface area contributed by atoms with Crippen LogP contribution in [0.1, 0.15) is 46.5 Å². The molecule has 0 aromatic heterocycles. The Morgan fingerprint density at radius 2 is 1.62 bits per heavy atom. The molecule has 1 rings (SSSR count). The van der Waals surface area contributed by atoms with Gasteiger partial charge in [0, 0.05) is 14.1 Å². The molecule has 1 amide bonds. The Balaban J connectivity index is 2.35. The first-order valence-corrected chi connectivity index (χ1v) is 6.18. The first-order valence-electron chi connectivity index (χ1n) is 6.18. The lowest BCUT2D eigenvalue weighted by molar-refractivity contribution is 0.0319. The monoisotopic (exact) mass is 227 g/mol. The zero-order valence-electron chi connectivity index (χ0n) is 11.2. The molecule has 0 radical (unpaired) electrons. The van der Waals surface area contributed by atoms with Crippen molar-refractivity contribution in [2.75, 3.05) is 14.1 Å². The average molecular weight is 227 g/mol. The van der Waals surface area contributed by atoms with E-state index in [0.29, 0.717) is 5.41 Å². The third-order valence-electron chi connectivity index (χ3n) is 3.53. The number of ether oxygens (including phenoxy) is 1. The van der Waals surface area contributed by atoms with Gasteiger partial charge in [0.1, 0.15) is 6.10 Å². The van der Waals surface area contributed by atoms with E-state index in [2.05, 4.69) is 20.8 Å². The number of carbonyl (C=O) groups excluding carboxylic acids is 1. The topological polar surface area (TPSA) is 29.5 Å². The summed E-state index contributed by atoms with van der Waals surface area (Å²) >= 11 is 0. The number of nitrogens with zero attached hydrogens (tertiary/aromatic N) is 1. The van der Waals surface area contributed by atoms with Gasteiger partial charge in [0.25, 0.3) is 0 Å². The molecular formula is C13H25NO2. The zero-order valence-corrected chi connectivity index (χ0v) is 11.2. The Labute approximate surface area is 99.1 Å². The molecule has 0 aromatic carbocycles. The quantitative estimate of drug-likeness (QED) is 0.688. The fourth-order valence-electron chi connectivity index (χ4n) is 2.29. The van der Waals surface area contributed by atoms with Gasteiger partial charge in [-0.05, 0) is 37.0 Å². The summed E-state index contributed by atoms with van der Waals surface area (Å²) in [4.78, 5) is 12.9. The van der Waals surface area contributed by atoms with Gasteiger partial charge < -0.3 is 9.64 Å². The van der Waals surface area contributed by atoms with Crippen molar-refractivity contribution in [2.45, 2.75) is 52.6 Å². The van der Waals surface area contributed by atoms with Crippen LogP contribution in [0.4, 0.5) is 4.79 Å². The SMILES string of the molecule is CN(C)C(=O)OC1CCC(C(C)(C)C)CC1. The van der Waals surface area contributed by atoms with E-state index in [1.807, 2.05) is 0 Å². The van der Waals surface area contributed by atoms with E-state index in [0.717, 1.165) is 18.8 Å². The largest absolute Gasteiger partial charge is 0.446 e. The van der Waals surface area contributed by atoms with Gasteiger partial charge in [0.15, 0.2) is 0 Å².